The number of benzene rings is 1. The highest BCUT2D eigenvalue weighted by Crippen LogP contribution is 2.25. The summed E-state index contributed by atoms with van der Waals surface area (Å²) in [5, 5.41) is 0. The molecule has 5 heteroatoms. The van der Waals surface area contributed by atoms with Crippen LogP contribution in [0.3, 0.4) is 0 Å². The molecular formula is C11H6BrF2NO. The zero-order valence-corrected chi connectivity index (χ0v) is 9.54. The maximum atomic E-state index is 12.9. The van der Waals surface area contributed by atoms with Crippen LogP contribution in [0, 0.1) is 11.6 Å². The lowest BCUT2D eigenvalue weighted by molar-refractivity contribution is 0.457. The third kappa shape index (κ3) is 2.55. The van der Waals surface area contributed by atoms with Crippen molar-refractivity contribution in [3.63, 3.8) is 0 Å². The fraction of sp³-hybridized carbons (Fsp3) is 0. The first kappa shape index (κ1) is 11.0. The summed E-state index contributed by atoms with van der Waals surface area (Å²) in [5.41, 5.74) is 0. The van der Waals surface area contributed by atoms with Gasteiger partial charge in [-0.1, -0.05) is 0 Å². The fourth-order valence-electron chi connectivity index (χ4n) is 1.08. The average molecular weight is 286 g/mol. The normalized spacial score (nSPS) is 10.2. The summed E-state index contributed by atoms with van der Waals surface area (Å²) in [6.45, 7) is 0. The van der Waals surface area contributed by atoms with Gasteiger partial charge in [-0.15, -0.1) is 0 Å². The Hall–Kier alpha value is -1.49. The summed E-state index contributed by atoms with van der Waals surface area (Å²) in [6, 6.07) is 6.84. The second kappa shape index (κ2) is 4.57. The molecule has 2 nitrogen and oxygen atoms in total. The van der Waals surface area contributed by atoms with Gasteiger partial charge in [0.15, 0.2) is 0 Å². The number of pyridine rings is 1. The summed E-state index contributed by atoms with van der Waals surface area (Å²) in [7, 11) is 0. The summed E-state index contributed by atoms with van der Waals surface area (Å²) in [6.07, 6.45) is 1.05. The Bertz CT molecular complexity index is 502. The highest BCUT2D eigenvalue weighted by molar-refractivity contribution is 9.10. The van der Waals surface area contributed by atoms with E-state index < -0.39 is 5.82 Å². The van der Waals surface area contributed by atoms with E-state index in [1.165, 1.54) is 30.3 Å². The third-order valence-electron chi connectivity index (χ3n) is 1.81. The van der Waals surface area contributed by atoms with E-state index in [9.17, 15) is 8.78 Å². The van der Waals surface area contributed by atoms with Gasteiger partial charge in [-0.2, -0.15) is 0 Å². The summed E-state index contributed by atoms with van der Waals surface area (Å²) in [5.74, 6) is -0.139. The van der Waals surface area contributed by atoms with Crippen LogP contribution in [0.2, 0.25) is 0 Å². The van der Waals surface area contributed by atoms with Crippen LogP contribution in [-0.2, 0) is 0 Å². The Kier molecular flexibility index (Phi) is 3.14. The standard InChI is InChI=1S/C11H6BrF2NO/c12-9-5-8(2-3-10(9)14)16-11-4-1-7(13)6-15-11/h1-6H. The molecule has 0 aliphatic heterocycles. The van der Waals surface area contributed by atoms with Crippen LogP contribution in [-0.4, -0.2) is 4.98 Å². The minimum atomic E-state index is -0.437. The highest BCUT2D eigenvalue weighted by Gasteiger charge is 2.03. The lowest BCUT2D eigenvalue weighted by Gasteiger charge is -2.04. The molecule has 1 heterocycles. The van der Waals surface area contributed by atoms with E-state index >= 15 is 0 Å². The summed E-state index contributed by atoms with van der Waals surface area (Å²) in [4.78, 5) is 3.72. The lowest BCUT2D eigenvalue weighted by atomic mass is 10.3. The van der Waals surface area contributed by atoms with Crippen molar-refractivity contribution in [3.8, 4) is 11.6 Å². The number of hydrogen-bond donors (Lipinski definition) is 0. The fourth-order valence-corrected chi connectivity index (χ4v) is 1.44. The van der Waals surface area contributed by atoms with Crippen molar-refractivity contribution in [1.29, 1.82) is 0 Å². The summed E-state index contributed by atoms with van der Waals surface area (Å²) < 4.78 is 31.1. The van der Waals surface area contributed by atoms with E-state index in [2.05, 4.69) is 20.9 Å². The largest absolute Gasteiger partial charge is 0.439 e. The Labute approximate surface area is 99.0 Å². The van der Waals surface area contributed by atoms with Crippen molar-refractivity contribution in [2.24, 2.45) is 0 Å². The predicted octanol–water partition coefficient (Wildman–Crippen LogP) is 3.91. The third-order valence-corrected chi connectivity index (χ3v) is 2.42. The van der Waals surface area contributed by atoms with E-state index in [4.69, 9.17) is 4.74 Å². The van der Waals surface area contributed by atoms with Crippen LogP contribution >= 0.6 is 15.9 Å². The molecule has 2 aromatic rings. The van der Waals surface area contributed by atoms with Crippen LogP contribution in [0.4, 0.5) is 8.78 Å². The number of hydrogen-bond acceptors (Lipinski definition) is 2. The van der Waals surface area contributed by atoms with Gasteiger partial charge < -0.3 is 4.74 Å². The number of ether oxygens (including phenoxy) is 1. The SMILES string of the molecule is Fc1ccc(Oc2ccc(F)c(Br)c2)nc1. The molecule has 2 rings (SSSR count). The zero-order chi connectivity index (χ0) is 11.5. The van der Waals surface area contributed by atoms with E-state index in [0.717, 1.165) is 6.20 Å². The first-order valence-electron chi connectivity index (χ1n) is 4.39. The molecular weight excluding hydrogens is 280 g/mol. The van der Waals surface area contributed by atoms with Crippen molar-refractivity contribution < 1.29 is 13.5 Å². The molecule has 82 valence electrons. The summed E-state index contributed by atoms with van der Waals surface area (Å²) >= 11 is 3.04. The van der Waals surface area contributed by atoms with Crippen LogP contribution in [0.5, 0.6) is 11.6 Å². The second-order valence-electron chi connectivity index (χ2n) is 2.99. The molecule has 1 aromatic heterocycles. The molecule has 0 amide bonds. The second-order valence-corrected chi connectivity index (χ2v) is 3.85. The van der Waals surface area contributed by atoms with Gasteiger partial charge in [0.25, 0.3) is 0 Å². The quantitative estimate of drug-likeness (QED) is 0.835. The molecule has 1 aromatic carbocycles. The van der Waals surface area contributed by atoms with Crippen molar-refractivity contribution >= 4 is 15.9 Å². The molecule has 0 radical (unpaired) electrons. The van der Waals surface area contributed by atoms with Crippen LogP contribution in [0.25, 0.3) is 0 Å². The molecule has 0 N–H and O–H groups in total. The van der Waals surface area contributed by atoms with E-state index in [0.29, 0.717) is 10.2 Å². The van der Waals surface area contributed by atoms with Crippen molar-refractivity contribution in [2.45, 2.75) is 0 Å². The van der Waals surface area contributed by atoms with Gasteiger partial charge in [0, 0.05) is 6.07 Å². The molecule has 0 saturated heterocycles. The maximum Gasteiger partial charge on any atom is 0.219 e. The number of rotatable bonds is 2. The molecule has 16 heavy (non-hydrogen) atoms. The minimum absolute atomic E-state index is 0.250. The Balaban J connectivity index is 2.20. The number of halogens is 3. The molecule has 0 fully saturated rings. The van der Waals surface area contributed by atoms with Crippen LogP contribution in [0.1, 0.15) is 0 Å². The molecule has 0 saturated carbocycles. The first-order valence-corrected chi connectivity index (χ1v) is 5.19. The Morgan fingerprint density at radius 3 is 2.56 bits per heavy atom. The molecule has 0 aliphatic rings. The van der Waals surface area contributed by atoms with Gasteiger partial charge >= 0.3 is 0 Å². The van der Waals surface area contributed by atoms with Crippen molar-refractivity contribution in [3.05, 3.63) is 52.6 Å². The monoisotopic (exact) mass is 285 g/mol. The van der Waals surface area contributed by atoms with Crippen LogP contribution < -0.4 is 4.74 Å². The average Bonchev–Trinajstić information content (AvgIpc) is 2.27. The Morgan fingerprint density at radius 1 is 1.12 bits per heavy atom. The van der Waals surface area contributed by atoms with Gasteiger partial charge in [0.2, 0.25) is 5.88 Å². The van der Waals surface area contributed by atoms with E-state index in [-0.39, 0.29) is 11.7 Å². The topological polar surface area (TPSA) is 22.1 Å². The molecule has 0 unspecified atom stereocenters. The van der Waals surface area contributed by atoms with Crippen molar-refractivity contribution in [2.75, 3.05) is 0 Å². The van der Waals surface area contributed by atoms with Gasteiger partial charge in [0.1, 0.15) is 17.4 Å². The van der Waals surface area contributed by atoms with Gasteiger partial charge in [0.05, 0.1) is 10.7 Å². The smallest absolute Gasteiger partial charge is 0.219 e. The number of nitrogens with zero attached hydrogens (tertiary/aromatic N) is 1. The molecule has 0 atom stereocenters. The van der Waals surface area contributed by atoms with Crippen LogP contribution in [0.15, 0.2) is 41.0 Å². The minimum Gasteiger partial charge on any atom is -0.439 e. The molecule has 0 bridgehead atoms. The lowest BCUT2D eigenvalue weighted by Crippen LogP contribution is -1.89. The van der Waals surface area contributed by atoms with E-state index in [1.54, 1.807) is 0 Å². The predicted molar refractivity (Wildman–Crippen MR) is 58.4 cm³/mol. The molecule has 0 spiro atoms. The van der Waals surface area contributed by atoms with Gasteiger partial charge in [-0.3, -0.25) is 0 Å². The highest BCUT2D eigenvalue weighted by atomic mass is 79.9. The van der Waals surface area contributed by atoms with Gasteiger partial charge in [-0.05, 0) is 40.2 Å². The van der Waals surface area contributed by atoms with Crippen molar-refractivity contribution in [1.82, 2.24) is 4.98 Å². The first-order chi connectivity index (χ1) is 7.65. The molecule has 0 aliphatic carbocycles. The Morgan fingerprint density at radius 2 is 1.94 bits per heavy atom. The zero-order valence-electron chi connectivity index (χ0n) is 7.95. The number of aromatic nitrogens is 1. The van der Waals surface area contributed by atoms with Gasteiger partial charge in [-0.25, -0.2) is 13.8 Å². The van der Waals surface area contributed by atoms with E-state index in [1.807, 2.05) is 0 Å². The maximum absolute atomic E-state index is 12.9.